The average molecular weight is 286 g/mol. The van der Waals surface area contributed by atoms with Gasteiger partial charge in [0.2, 0.25) is 10.0 Å². The Kier molecular flexibility index (Phi) is 4.97. The zero-order valence-corrected chi connectivity index (χ0v) is 10.8. The molecule has 0 bridgehead atoms. The fraction of sp³-hybridized carbons (Fsp3) is 0.273. The molecular formula is C11H11FN2O4S. The van der Waals surface area contributed by atoms with Gasteiger partial charge in [-0.15, -0.1) is 0 Å². The van der Waals surface area contributed by atoms with E-state index in [0.29, 0.717) is 0 Å². The first-order valence-electron chi connectivity index (χ1n) is 5.17. The number of hydrogen-bond acceptors (Lipinski definition) is 5. The number of benzene rings is 1. The Morgan fingerprint density at radius 3 is 2.79 bits per heavy atom. The number of nitriles is 1. The number of ether oxygens (including phenoxy) is 1. The lowest BCUT2D eigenvalue weighted by Gasteiger charge is -2.07. The number of sulfonamides is 1. The highest BCUT2D eigenvalue weighted by Crippen LogP contribution is 2.17. The summed E-state index contributed by atoms with van der Waals surface area (Å²) in [5, 5.41) is 8.76. The number of rotatable bonds is 5. The molecular weight excluding hydrogens is 275 g/mol. The molecule has 1 aromatic carbocycles. The van der Waals surface area contributed by atoms with E-state index in [2.05, 4.69) is 9.46 Å². The van der Waals surface area contributed by atoms with Gasteiger partial charge in [-0.25, -0.2) is 17.5 Å². The van der Waals surface area contributed by atoms with Crippen LogP contribution in [0.4, 0.5) is 4.39 Å². The second-order valence-electron chi connectivity index (χ2n) is 3.45. The minimum Gasteiger partial charge on any atom is -0.469 e. The van der Waals surface area contributed by atoms with Crippen LogP contribution in [0.15, 0.2) is 23.1 Å². The molecule has 0 aliphatic heterocycles. The van der Waals surface area contributed by atoms with E-state index in [-0.39, 0.29) is 13.0 Å². The molecule has 0 atom stereocenters. The van der Waals surface area contributed by atoms with E-state index in [1.165, 1.54) is 19.2 Å². The number of esters is 1. The minimum atomic E-state index is -4.05. The van der Waals surface area contributed by atoms with E-state index in [1.54, 1.807) is 0 Å². The van der Waals surface area contributed by atoms with Crippen LogP contribution < -0.4 is 4.72 Å². The van der Waals surface area contributed by atoms with Crippen molar-refractivity contribution in [1.82, 2.24) is 4.72 Å². The Balaban J connectivity index is 2.93. The first-order valence-corrected chi connectivity index (χ1v) is 6.65. The van der Waals surface area contributed by atoms with Gasteiger partial charge in [0.1, 0.15) is 22.3 Å². The lowest BCUT2D eigenvalue weighted by atomic mass is 10.2. The predicted molar refractivity (Wildman–Crippen MR) is 62.9 cm³/mol. The van der Waals surface area contributed by atoms with Gasteiger partial charge in [-0.1, -0.05) is 6.07 Å². The summed E-state index contributed by atoms with van der Waals surface area (Å²) < 4.78 is 43.4. The molecule has 0 saturated carbocycles. The summed E-state index contributed by atoms with van der Waals surface area (Å²) in [4.78, 5) is 10.4. The maximum Gasteiger partial charge on any atom is 0.306 e. The van der Waals surface area contributed by atoms with Crippen LogP contribution in [0.25, 0.3) is 0 Å². The molecule has 0 aromatic heterocycles. The second kappa shape index (κ2) is 6.26. The van der Waals surface area contributed by atoms with E-state index in [9.17, 15) is 17.6 Å². The molecule has 8 heteroatoms. The molecule has 0 aliphatic carbocycles. The van der Waals surface area contributed by atoms with E-state index < -0.39 is 32.3 Å². The second-order valence-corrected chi connectivity index (χ2v) is 5.18. The predicted octanol–water partition coefficient (Wildman–Crippen LogP) is 0.539. The van der Waals surface area contributed by atoms with Gasteiger partial charge in [0.25, 0.3) is 0 Å². The number of carbonyl (C=O) groups is 1. The van der Waals surface area contributed by atoms with Crippen LogP contribution in [0.5, 0.6) is 0 Å². The minimum absolute atomic E-state index is 0.160. The fourth-order valence-electron chi connectivity index (χ4n) is 1.30. The van der Waals surface area contributed by atoms with Crippen molar-refractivity contribution in [2.45, 2.75) is 11.3 Å². The molecule has 6 nitrogen and oxygen atoms in total. The molecule has 1 N–H and O–H groups in total. The summed E-state index contributed by atoms with van der Waals surface area (Å²) in [6.45, 7) is -0.198. The third-order valence-electron chi connectivity index (χ3n) is 2.23. The largest absolute Gasteiger partial charge is 0.469 e. The van der Waals surface area contributed by atoms with Crippen LogP contribution >= 0.6 is 0 Å². The smallest absolute Gasteiger partial charge is 0.306 e. The fourth-order valence-corrected chi connectivity index (χ4v) is 2.50. The summed E-state index contributed by atoms with van der Waals surface area (Å²) in [6, 6.07) is 4.79. The highest BCUT2D eigenvalue weighted by atomic mass is 32.2. The van der Waals surface area contributed by atoms with E-state index in [1.807, 2.05) is 0 Å². The molecule has 0 amide bonds. The van der Waals surface area contributed by atoms with Crippen LogP contribution in [0, 0.1) is 17.1 Å². The van der Waals surface area contributed by atoms with Crippen LogP contribution in [-0.2, 0) is 19.6 Å². The molecule has 19 heavy (non-hydrogen) atoms. The number of methoxy groups -OCH3 is 1. The number of halogens is 1. The standard InChI is InChI=1S/C11H11FN2O4S/c1-18-11(15)5-6-14-19(16,17)10-4-2-3-9(12)8(10)7-13/h2-4,14H,5-6H2,1H3. The molecule has 0 spiro atoms. The summed E-state index contributed by atoms with van der Waals surface area (Å²) in [5.74, 6) is -1.50. The molecule has 0 radical (unpaired) electrons. The Morgan fingerprint density at radius 1 is 1.53 bits per heavy atom. The Morgan fingerprint density at radius 2 is 2.21 bits per heavy atom. The third kappa shape index (κ3) is 3.74. The molecule has 0 heterocycles. The third-order valence-corrected chi connectivity index (χ3v) is 3.73. The molecule has 0 fully saturated rings. The molecule has 1 rings (SSSR count). The van der Waals surface area contributed by atoms with E-state index in [0.717, 1.165) is 12.1 Å². The van der Waals surface area contributed by atoms with Crippen molar-refractivity contribution in [2.24, 2.45) is 0 Å². The quantitative estimate of drug-likeness (QED) is 0.797. The first-order chi connectivity index (χ1) is 8.92. The van der Waals surface area contributed by atoms with Crippen LogP contribution in [0.3, 0.4) is 0 Å². The van der Waals surface area contributed by atoms with Crippen molar-refractivity contribution < 1.29 is 22.3 Å². The lowest BCUT2D eigenvalue weighted by Crippen LogP contribution is -2.27. The molecule has 1 aromatic rings. The maximum atomic E-state index is 13.3. The number of carbonyl (C=O) groups excluding carboxylic acids is 1. The highest BCUT2D eigenvalue weighted by molar-refractivity contribution is 7.89. The zero-order valence-electron chi connectivity index (χ0n) is 10.0. The topological polar surface area (TPSA) is 96.3 Å². The molecule has 0 saturated heterocycles. The Hall–Kier alpha value is -1.98. The van der Waals surface area contributed by atoms with Gasteiger partial charge in [0.15, 0.2) is 0 Å². The van der Waals surface area contributed by atoms with Gasteiger partial charge < -0.3 is 4.74 Å². The van der Waals surface area contributed by atoms with Crippen molar-refractivity contribution in [3.05, 3.63) is 29.6 Å². The molecule has 102 valence electrons. The number of hydrogen-bond donors (Lipinski definition) is 1. The van der Waals surface area contributed by atoms with Gasteiger partial charge in [-0.05, 0) is 12.1 Å². The van der Waals surface area contributed by atoms with Crippen molar-refractivity contribution >= 4 is 16.0 Å². The van der Waals surface area contributed by atoms with Gasteiger partial charge >= 0.3 is 5.97 Å². The Labute approximate surface area is 109 Å². The van der Waals surface area contributed by atoms with Crippen molar-refractivity contribution in [3.63, 3.8) is 0 Å². The Bertz CT molecular complexity index is 622. The lowest BCUT2D eigenvalue weighted by molar-refractivity contribution is -0.140. The monoisotopic (exact) mass is 286 g/mol. The van der Waals surface area contributed by atoms with Crippen LogP contribution in [-0.4, -0.2) is 28.0 Å². The number of nitrogens with one attached hydrogen (secondary N) is 1. The van der Waals surface area contributed by atoms with E-state index >= 15 is 0 Å². The summed E-state index contributed by atoms with van der Waals surface area (Å²) in [6.07, 6.45) is -0.160. The normalized spacial score (nSPS) is 10.8. The van der Waals surface area contributed by atoms with Gasteiger partial charge in [0, 0.05) is 6.54 Å². The molecule has 0 aliphatic rings. The van der Waals surface area contributed by atoms with Crippen molar-refractivity contribution in [3.8, 4) is 6.07 Å². The van der Waals surface area contributed by atoms with Gasteiger partial charge in [-0.3, -0.25) is 4.79 Å². The SMILES string of the molecule is COC(=O)CCNS(=O)(=O)c1cccc(F)c1C#N. The summed E-state index contributed by atoms with van der Waals surface area (Å²) >= 11 is 0. The van der Waals surface area contributed by atoms with Crippen LogP contribution in [0.2, 0.25) is 0 Å². The van der Waals surface area contributed by atoms with Gasteiger partial charge in [0.05, 0.1) is 13.5 Å². The zero-order chi connectivity index (χ0) is 14.5. The summed E-state index contributed by atoms with van der Waals surface area (Å²) in [5.41, 5.74) is -0.562. The van der Waals surface area contributed by atoms with Crippen molar-refractivity contribution in [1.29, 1.82) is 5.26 Å². The summed E-state index contributed by atoms with van der Waals surface area (Å²) in [7, 11) is -2.87. The number of nitrogens with zero attached hydrogens (tertiary/aromatic N) is 1. The van der Waals surface area contributed by atoms with Crippen LogP contribution in [0.1, 0.15) is 12.0 Å². The average Bonchev–Trinajstić information content (AvgIpc) is 2.37. The van der Waals surface area contributed by atoms with E-state index in [4.69, 9.17) is 5.26 Å². The van der Waals surface area contributed by atoms with Gasteiger partial charge in [-0.2, -0.15) is 5.26 Å². The maximum absolute atomic E-state index is 13.3. The molecule has 0 unspecified atom stereocenters. The van der Waals surface area contributed by atoms with Crippen molar-refractivity contribution in [2.75, 3.05) is 13.7 Å². The first kappa shape index (κ1) is 15.1. The highest BCUT2D eigenvalue weighted by Gasteiger charge is 2.21.